The molecule has 8 heteroatoms. The third kappa shape index (κ3) is 10.3. The summed E-state index contributed by atoms with van der Waals surface area (Å²) in [6.07, 6.45) is -0.296. The smallest absolute Gasteiger partial charge is 0.326 e. The van der Waals surface area contributed by atoms with Gasteiger partial charge in [0.1, 0.15) is 6.04 Å². The predicted octanol–water partition coefficient (Wildman–Crippen LogP) is 1.34. The van der Waals surface area contributed by atoms with E-state index in [0.717, 1.165) is 0 Å². The second-order valence-corrected chi connectivity index (χ2v) is 6.73. The molecule has 1 amide bonds. The zero-order valence-corrected chi connectivity index (χ0v) is 13.7. The van der Waals surface area contributed by atoms with E-state index in [-0.39, 0.29) is 31.1 Å². The van der Waals surface area contributed by atoms with Crippen LogP contribution in [0, 0.1) is 11.3 Å². The lowest BCUT2D eigenvalue weighted by molar-refractivity contribution is -0.144. The number of carbonyl (C=O) groups excluding carboxylic acids is 1. The Bertz CT molecular complexity index is 453. The number of amides is 1. The van der Waals surface area contributed by atoms with Crippen LogP contribution in [0.15, 0.2) is 0 Å². The molecule has 23 heavy (non-hydrogen) atoms. The maximum absolute atomic E-state index is 12.3. The number of carboxylic acid groups (broad SMARTS) is 3. The highest BCUT2D eigenvalue weighted by Crippen LogP contribution is 2.27. The van der Waals surface area contributed by atoms with Crippen LogP contribution in [0.25, 0.3) is 0 Å². The van der Waals surface area contributed by atoms with E-state index in [4.69, 9.17) is 15.3 Å². The first-order valence-electron chi connectivity index (χ1n) is 7.39. The molecule has 0 saturated heterocycles. The van der Waals surface area contributed by atoms with Crippen molar-refractivity contribution in [2.45, 2.75) is 58.9 Å². The van der Waals surface area contributed by atoms with Crippen LogP contribution in [0.3, 0.4) is 0 Å². The molecule has 0 rings (SSSR count). The number of hydrogen-bond donors (Lipinski definition) is 4. The number of hydrogen-bond acceptors (Lipinski definition) is 4. The average Bonchev–Trinajstić information content (AvgIpc) is 2.36. The second-order valence-electron chi connectivity index (χ2n) is 6.73. The van der Waals surface area contributed by atoms with E-state index in [1.165, 1.54) is 0 Å². The largest absolute Gasteiger partial charge is 0.481 e. The van der Waals surface area contributed by atoms with E-state index < -0.39 is 35.8 Å². The topological polar surface area (TPSA) is 141 Å². The van der Waals surface area contributed by atoms with Gasteiger partial charge in [-0.1, -0.05) is 20.8 Å². The van der Waals surface area contributed by atoms with Crippen LogP contribution in [0.2, 0.25) is 0 Å². The van der Waals surface area contributed by atoms with Crippen LogP contribution in [0.4, 0.5) is 0 Å². The summed E-state index contributed by atoms with van der Waals surface area (Å²) in [6.45, 7) is 5.69. The summed E-state index contributed by atoms with van der Waals surface area (Å²) in [5.41, 5.74) is -0.236. The van der Waals surface area contributed by atoms with Gasteiger partial charge < -0.3 is 20.6 Å². The van der Waals surface area contributed by atoms with Crippen molar-refractivity contribution in [3.63, 3.8) is 0 Å². The fraction of sp³-hybridized carbons (Fsp3) is 0.733. The van der Waals surface area contributed by atoms with Crippen molar-refractivity contribution in [1.82, 2.24) is 5.32 Å². The number of nitrogens with one attached hydrogen (secondary N) is 1. The molecule has 0 aromatic rings. The van der Waals surface area contributed by atoms with Crippen LogP contribution in [-0.4, -0.2) is 45.2 Å². The molecule has 0 aliphatic heterocycles. The van der Waals surface area contributed by atoms with Gasteiger partial charge in [0.2, 0.25) is 5.91 Å². The van der Waals surface area contributed by atoms with Gasteiger partial charge in [-0.3, -0.25) is 14.4 Å². The number of rotatable bonds is 10. The Balaban J connectivity index is 4.91. The first kappa shape index (κ1) is 20.9. The van der Waals surface area contributed by atoms with Gasteiger partial charge in [-0.15, -0.1) is 0 Å². The van der Waals surface area contributed by atoms with Crippen molar-refractivity contribution in [1.29, 1.82) is 0 Å². The molecule has 0 aliphatic carbocycles. The molecule has 0 bridgehead atoms. The second kappa shape index (κ2) is 9.12. The summed E-state index contributed by atoms with van der Waals surface area (Å²) in [7, 11) is 0. The van der Waals surface area contributed by atoms with Crippen molar-refractivity contribution >= 4 is 23.8 Å². The normalized spacial score (nSPS) is 13.9. The molecule has 4 N–H and O–H groups in total. The van der Waals surface area contributed by atoms with E-state index in [9.17, 15) is 19.2 Å². The summed E-state index contributed by atoms with van der Waals surface area (Å²) >= 11 is 0. The minimum absolute atomic E-state index is 0.101. The highest BCUT2D eigenvalue weighted by molar-refractivity contribution is 5.85. The zero-order chi connectivity index (χ0) is 18.2. The SMILES string of the molecule is CC(C)(C)C[C@H](CCC(=O)O)C(=O)N[C@H](CCC(=O)O)C(=O)O. The van der Waals surface area contributed by atoms with Crippen LogP contribution < -0.4 is 5.32 Å². The summed E-state index contributed by atoms with van der Waals surface area (Å²) in [4.78, 5) is 44.6. The molecule has 132 valence electrons. The highest BCUT2D eigenvalue weighted by atomic mass is 16.4. The Labute approximate surface area is 134 Å². The van der Waals surface area contributed by atoms with E-state index in [2.05, 4.69) is 5.32 Å². The van der Waals surface area contributed by atoms with Crippen LogP contribution >= 0.6 is 0 Å². The molecule has 0 unspecified atom stereocenters. The van der Waals surface area contributed by atoms with E-state index in [0.29, 0.717) is 6.42 Å². The number of carbonyl (C=O) groups is 4. The van der Waals surface area contributed by atoms with E-state index in [1.54, 1.807) is 0 Å². The lowest BCUT2D eigenvalue weighted by Crippen LogP contribution is -2.44. The lowest BCUT2D eigenvalue weighted by Gasteiger charge is -2.26. The maximum atomic E-state index is 12.3. The molecule has 0 aliphatic rings. The predicted molar refractivity (Wildman–Crippen MR) is 80.9 cm³/mol. The van der Waals surface area contributed by atoms with Gasteiger partial charge in [-0.05, 0) is 24.7 Å². The Morgan fingerprint density at radius 2 is 1.39 bits per heavy atom. The van der Waals surface area contributed by atoms with Crippen molar-refractivity contribution in [2.75, 3.05) is 0 Å². The van der Waals surface area contributed by atoms with Crippen LogP contribution in [-0.2, 0) is 19.2 Å². The monoisotopic (exact) mass is 331 g/mol. The molecular weight excluding hydrogens is 306 g/mol. The van der Waals surface area contributed by atoms with Crippen molar-refractivity contribution in [2.24, 2.45) is 11.3 Å². The highest BCUT2D eigenvalue weighted by Gasteiger charge is 2.29. The Hall–Kier alpha value is -2.12. The van der Waals surface area contributed by atoms with E-state index in [1.807, 2.05) is 20.8 Å². The van der Waals surface area contributed by atoms with Gasteiger partial charge in [0.05, 0.1) is 0 Å². The molecular formula is C15H25NO7. The van der Waals surface area contributed by atoms with Gasteiger partial charge >= 0.3 is 17.9 Å². The maximum Gasteiger partial charge on any atom is 0.326 e. The fourth-order valence-corrected chi connectivity index (χ4v) is 2.18. The van der Waals surface area contributed by atoms with Crippen molar-refractivity contribution in [3.05, 3.63) is 0 Å². The minimum Gasteiger partial charge on any atom is -0.481 e. The van der Waals surface area contributed by atoms with Crippen molar-refractivity contribution < 1.29 is 34.5 Å². The van der Waals surface area contributed by atoms with Crippen LogP contribution in [0.5, 0.6) is 0 Å². The molecule has 0 aromatic carbocycles. The molecule has 2 atom stereocenters. The van der Waals surface area contributed by atoms with Gasteiger partial charge in [0, 0.05) is 18.8 Å². The van der Waals surface area contributed by atoms with Gasteiger partial charge in [-0.25, -0.2) is 4.79 Å². The molecule has 8 nitrogen and oxygen atoms in total. The molecule has 0 heterocycles. The summed E-state index contributed by atoms with van der Waals surface area (Å²) in [6, 6.07) is -1.30. The Morgan fingerprint density at radius 3 is 1.78 bits per heavy atom. The standard InChI is InChI=1S/C15H25NO7/c1-15(2,3)8-9(4-6-11(17)18)13(21)16-10(14(22)23)5-7-12(19)20/h9-10H,4-8H2,1-3H3,(H,16,21)(H,17,18)(H,19,20)(H,22,23)/t9-,10+/m0/s1. The number of aliphatic carboxylic acids is 3. The van der Waals surface area contributed by atoms with Gasteiger partial charge in [-0.2, -0.15) is 0 Å². The minimum atomic E-state index is -1.31. The quantitative estimate of drug-likeness (QED) is 0.473. The molecule has 0 spiro atoms. The Morgan fingerprint density at radius 1 is 0.913 bits per heavy atom. The third-order valence-corrected chi connectivity index (χ3v) is 3.20. The van der Waals surface area contributed by atoms with Gasteiger partial charge in [0.15, 0.2) is 0 Å². The number of carboxylic acids is 3. The third-order valence-electron chi connectivity index (χ3n) is 3.20. The van der Waals surface area contributed by atoms with Gasteiger partial charge in [0.25, 0.3) is 0 Å². The first-order valence-corrected chi connectivity index (χ1v) is 7.39. The summed E-state index contributed by atoms with van der Waals surface area (Å²) in [5.74, 6) is -4.69. The molecule has 0 radical (unpaired) electrons. The molecule has 0 aromatic heterocycles. The van der Waals surface area contributed by atoms with Crippen LogP contribution in [0.1, 0.15) is 52.9 Å². The molecule has 0 saturated carbocycles. The lowest BCUT2D eigenvalue weighted by atomic mass is 9.82. The summed E-state index contributed by atoms with van der Waals surface area (Å²) < 4.78 is 0. The molecule has 0 fully saturated rings. The zero-order valence-electron chi connectivity index (χ0n) is 13.7. The Kier molecular flexibility index (Phi) is 8.28. The van der Waals surface area contributed by atoms with Crippen molar-refractivity contribution in [3.8, 4) is 0 Å². The fourth-order valence-electron chi connectivity index (χ4n) is 2.18. The first-order chi connectivity index (χ1) is 10.4. The summed E-state index contributed by atoms with van der Waals surface area (Å²) in [5, 5.41) is 28.8. The van der Waals surface area contributed by atoms with E-state index >= 15 is 0 Å². The average molecular weight is 331 g/mol.